The molecule has 1 aromatic heterocycles. The lowest BCUT2D eigenvalue weighted by Gasteiger charge is -2.29. The van der Waals surface area contributed by atoms with Crippen LogP contribution in [0.1, 0.15) is 62.6 Å². The van der Waals surface area contributed by atoms with Crippen molar-refractivity contribution in [1.29, 1.82) is 0 Å². The Morgan fingerprint density at radius 1 is 1.16 bits per heavy atom. The summed E-state index contributed by atoms with van der Waals surface area (Å²) in [5.41, 5.74) is 1.31. The Morgan fingerprint density at radius 3 is 2.84 bits per heavy atom. The molecule has 3 heterocycles. The summed E-state index contributed by atoms with van der Waals surface area (Å²) in [6, 6.07) is 2.74. The van der Waals surface area contributed by atoms with E-state index < -0.39 is 0 Å². The van der Waals surface area contributed by atoms with Crippen LogP contribution in [-0.2, 0) is 4.74 Å². The number of ether oxygens (including phenoxy) is 1. The highest BCUT2D eigenvalue weighted by Gasteiger charge is 2.33. The quantitative estimate of drug-likeness (QED) is 0.889. The van der Waals surface area contributed by atoms with Crippen molar-refractivity contribution in [2.45, 2.75) is 63.0 Å². The SMILES string of the molecule is c1c(C2CCCC2)nn2c1NCCC2C1CCCO1. The summed E-state index contributed by atoms with van der Waals surface area (Å²) >= 11 is 0. The van der Waals surface area contributed by atoms with E-state index in [9.17, 15) is 0 Å². The van der Waals surface area contributed by atoms with Crippen LogP contribution in [0.4, 0.5) is 5.82 Å². The van der Waals surface area contributed by atoms with Crippen molar-refractivity contribution in [3.05, 3.63) is 11.8 Å². The zero-order valence-electron chi connectivity index (χ0n) is 11.5. The van der Waals surface area contributed by atoms with E-state index in [0.717, 1.165) is 19.6 Å². The van der Waals surface area contributed by atoms with Gasteiger partial charge in [-0.3, -0.25) is 0 Å². The van der Waals surface area contributed by atoms with E-state index in [1.165, 1.54) is 50.0 Å². The Kier molecular flexibility index (Phi) is 2.98. The normalized spacial score (nSPS) is 31.4. The van der Waals surface area contributed by atoms with Crippen LogP contribution in [-0.4, -0.2) is 29.0 Å². The minimum absolute atomic E-state index is 0.386. The van der Waals surface area contributed by atoms with Gasteiger partial charge in [0.25, 0.3) is 0 Å². The Balaban J connectivity index is 1.62. The van der Waals surface area contributed by atoms with E-state index in [0.29, 0.717) is 18.1 Å². The van der Waals surface area contributed by atoms with Crippen molar-refractivity contribution < 1.29 is 4.74 Å². The van der Waals surface area contributed by atoms with Gasteiger partial charge < -0.3 is 10.1 Å². The largest absolute Gasteiger partial charge is 0.376 e. The van der Waals surface area contributed by atoms with Gasteiger partial charge in [0.1, 0.15) is 5.82 Å². The fourth-order valence-corrected chi connectivity index (χ4v) is 3.94. The first-order chi connectivity index (χ1) is 9.42. The van der Waals surface area contributed by atoms with Gasteiger partial charge in [0.2, 0.25) is 0 Å². The molecule has 0 radical (unpaired) electrons. The van der Waals surface area contributed by atoms with E-state index in [-0.39, 0.29) is 0 Å². The molecule has 2 aliphatic heterocycles. The van der Waals surface area contributed by atoms with E-state index in [1.807, 2.05) is 0 Å². The van der Waals surface area contributed by atoms with E-state index in [1.54, 1.807) is 0 Å². The Hall–Kier alpha value is -1.03. The first-order valence-electron chi connectivity index (χ1n) is 7.87. The van der Waals surface area contributed by atoms with Crippen molar-refractivity contribution in [3.8, 4) is 0 Å². The second kappa shape index (κ2) is 4.82. The molecule has 0 aromatic carbocycles. The molecule has 3 aliphatic rings. The summed E-state index contributed by atoms with van der Waals surface area (Å²) < 4.78 is 8.12. The lowest BCUT2D eigenvalue weighted by atomic mass is 10.0. The van der Waals surface area contributed by atoms with Gasteiger partial charge in [0, 0.05) is 25.1 Å². The topological polar surface area (TPSA) is 39.1 Å². The van der Waals surface area contributed by atoms with Gasteiger partial charge in [-0.25, -0.2) is 4.68 Å². The zero-order chi connectivity index (χ0) is 12.7. The molecule has 0 bridgehead atoms. The van der Waals surface area contributed by atoms with Crippen LogP contribution >= 0.6 is 0 Å². The minimum atomic E-state index is 0.386. The van der Waals surface area contributed by atoms with E-state index >= 15 is 0 Å². The molecule has 2 unspecified atom stereocenters. The minimum Gasteiger partial charge on any atom is -0.376 e. The van der Waals surface area contributed by atoms with Gasteiger partial charge in [-0.2, -0.15) is 5.10 Å². The van der Waals surface area contributed by atoms with Crippen molar-refractivity contribution >= 4 is 5.82 Å². The number of rotatable bonds is 2. The van der Waals surface area contributed by atoms with Crippen molar-refractivity contribution in [3.63, 3.8) is 0 Å². The van der Waals surface area contributed by atoms with Gasteiger partial charge in [0.05, 0.1) is 17.8 Å². The third-order valence-electron chi connectivity index (χ3n) is 4.98. The van der Waals surface area contributed by atoms with Crippen LogP contribution in [0.2, 0.25) is 0 Å². The van der Waals surface area contributed by atoms with Crippen LogP contribution in [0.3, 0.4) is 0 Å². The molecular weight excluding hydrogens is 238 g/mol. The summed E-state index contributed by atoms with van der Waals surface area (Å²) in [6.07, 6.45) is 9.32. The summed E-state index contributed by atoms with van der Waals surface area (Å²) in [5.74, 6) is 1.92. The average molecular weight is 261 g/mol. The molecule has 1 N–H and O–H groups in total. The maximum absolute atomic E-state index is 5.90. The second-order valence-corrected chi connectivity index (χ2v) is 6.21. The summed E-state index contributed by atoms with van der Waals surface area (Å²) in [5, 5.41) is 8.44. The van der Waals surface area contributed by atoms with Crippen LogP contribution in [0.25, 0.3) is 0 Å². The smallest absolute Gasteiger partial charge is 0.124 e. The molecule has 4 heteroatoms. The lowest BCUT2D eigenvalue weighted by molar-refractivity contribution is 0.0590. The van der Waals surface area contributed by atoms with Crippen LogP contribution < -0.4 is 5.32 Å². The Labute approximate surface area is 114 Å². The van der Waals surface area contributed by atoms with E-state index in [4.69, 9.17) is 9.84 Å². The van der Waals surface area contributed by atoms with Crippen molar-refractivity contribution in [2.24, 2.45) is 0 Å². The molecule has 1 aliphatic carbocycles. The van der Waals surface area contributed by atoms with Crippen molar-refractivity contribution in [2.75, 3.05) is 18.5 Å². The third kappa shape index (κ3) is 2.06. The number of anilines is 1. The standard InChI is InChI=1S/C15H23N3O/c1-2-5-11(4-1)12-10-15-16-8-7-13(18(15)17-12)14-6-3-9-19-14/h10-11,13-14,16H,1-9H2. The van der Waals surface area contributed by atoms with Crippen LogP contribution in [0.5, 0.6) is 0 Å². The zero-order valence-corrected chi connectivity index (χ0v) is 11.5. The average Bonchev–Trinajstić information content (AvgIpc) is 3.18. The number of nitrogens with one attached hydrogen (secondary N) is 1. The number of nitrogens with zero attached hydrogens (tertiary/aromatic N) is 2. The van der Waals surface area contributed by atoms with Gasteiger partial charge in [0.15, 0.2) is 0 Å². The maximum atomic E-state index is 5.90. The predicted molar refractivity (Wildman–Crippen MR) is 74.6 cm³/mol. The van der Waals surface area contributed by atoms with Gasteiger partial charge in [-0.05, 0) is 32.1 Å². The summed E-state index contributed by atoms with van der Waals surface area (Å²) in [4.78, 5) is 0. The van der Waals surface area contributed by atoms with Crippen LogP contribution in [0, 0.1) is 0 Å². The fraction of sp³-hybridized carbons (Fsp3) is 0.800. The number of hydrogen-bond acceptors (Lipinski definition) is 3. The number of hydrogen-bond donors (Lipinski definition) is 1. The third-order valence-corrected chi connectivity index (χ3v) is 4.98. The molecule has 1 saturated heterocycles. The Bertz CT molecular complexity index is 444. The lowest BCUT2D eigenvalue weighted by Crippen LogP contribution is -2.31. The monoisotopic (exact) mass is 261 g/mol. The number of fused-ring (bicyclic) bond motifs is 1. The first-order valence-corrected chi connectivity index (χ1v) is 7.87. The molecule has 1 saturated carbocycles. The highest BCUT2D eigenvalue weighted by atomic mass is 16.5. The van der Waals surface area contributed by atoms with E-state index in [2.05, 4.69) is 16.1 Å². The summed E-state index contributed by atoms with van der Waals surface area (Å²) in [6.45, 7) is 1.99. The number of aromatic nitrogens is 2. The molecular formula is C15H23N3O. The second-order valence-electron chi connectivity index (χ2n) is 6.21. The fourth-order valence-electron chi connectivity index (χ4n) is 3.94. The molecule has 4 nitrogen and oxygen atoms in total. The molecule has 4 rings (SSSR count). The molecule has 0 amide bonds. The maximum Gasteiger partial charge on any atom is 0.124 e. The van der Waals surface area contributed by atoms with Crippen molar-refractivity contribution in [1.82, 2.24) is 9.78 Å². The molecule has 0 spiro atoms. The Morgan fingerprint density at radius 2 is 2.05 bits per heavy atom. The molecule has 2 fully saturated rings. The highest BCUT2D eigenvalue weighted by molar-refractivity contribution is 5.40. The van der Waals surface area contributed by atoms with Gasteiger partial charge >= 0.3 is 0 Å². The molecule has 104 valence electrons. The van der Waals surface area contributed by atoms with Gasteiger partial charge in [-0.15, -0.1) is 0 Å². The van der Waals surface area contributed by atoms with Crippen LogP contribution in [0.15, 0.2) is 6.07 Å². The first kappa shape index (κ1) is 11.8. The van der Waals surface area contributed by atoms with Gasteiger partial charge in [-0.1, -0.05) is 12.8 Å². The molecule has 1 aromatic rings. The molecule has 19 heavy (non-hydrogen) atoms. The molecule has 2 atom stereocenters. The predicted octanol–water partition coefficient (Wildman–Crippen LogP) is 3.08. The summed E-state index contributed by atoms with van der Waals surface area (Å²) in [7, 11) is 0. The highest BCUT2D eigenvalue weighted by Crippen LogP contribution is 2.38.